The number of piperazine rings is 1. The smallest absolute Gasteiger partial charge is 0.0697 e. The van der Waals surface area contributed by atoms with Crippen LogP contribution in [0.25, 0.3) is 10.1 Å². The van der Waals surface area contributed by atoms with Crippen LogP contribution < -0.4 is 5.32 Å². The van der Waals surface area contributed by atoms with E-state index in [-0.39, 0.29) is 0 Å². The zero-order valence-electron chi connectivity index (χ0n) is 14.2. The maximum Gasteiger partial charge on any atom is 0.0697 e. The maximum atomic E-state index is 3.48. The summed E-state index contributed by atoms with van der Waals surface area (Å²) in [5.41, 5.74) is 2.83. The largest absolute Gasteiger partial charge is 0.314 e. The van der Waals surface area contributed by atoms with Crippen molar-refractivity contribution >= 4 is 21.4 Å². The second-order valence-corrected chi connectivity index (χ2v) is 7.59. The normalized spacial score (nSPS) is 17.2. The first-order valence-corrected chi connectivity index (χ1v) is 9.69. The molecule has 0 amide bonds. The number of fused-ring (bicyclic) bond motifs is 1. The van der Waals surface area contributed by atoms with Gasteiger partial charge in [-0.15, -0.1) is 11.3 Å². The van der Waals surface area contributed by atoms with Crippen molar-refractivity contribution in [3.8, 4) is 0 Å². The summed E-state index contributed by atoms with van der Waals surface area (Å²) in [6, 6.07) is 20.7. The van der Waals surface area contributed by atoms with Gasteiger partial charge >= 0.3 is 0 Å². The second kappa shape index (κ2) is 7.06. The number of nitrogens with zero attached hydrogens (tertiary/aromatic N) is 1. The molecule has 24 heavy (non-hydrogen) atoms. The molecule has 3 aromatic rings. The number of aryl methyl sites for hydroxylation is 1. The van der Waals surface area contributed by atoms with E-state index in [0.29, 0.717) is 6.04 Å². The highest BCUT2D eigenvalue weighted by Gasteiger charge is 2.25. The fraction of sp³-hybridized carbons (Fsp3) is 0.333. The lowest BCUT2D eigenvalue weighted by molar-refractivity contribution is 0.201. The van der Waals surface area contributed by atoms with Crippen molar-refractivity contribution < 1.29 is 0 Å². The fourth-order valence-corrected chi connectivity index (χ4v) is 4.80. The third-order valence-corrected chi connectivity index (χ3v) is 6.10. The van der Waals surface area contributed by atoms with Gasteiger partial charge in [0.2, 0.25) is 0 Å². The minimum Gasteiger partial charge on any atom is -0.314 e. The molecule has 0 bridgehead atoms. The highest BCUT2D eigenvalue weighted by Crippen LogP contribution is 2.37. The molecule has 3 heteroatoms. The van der Waals surface area contributed by atoms with E-state index >= 15 is 0 Å². The van der Waals surface area contributed by atoms with E-state index in [1.807, 2.05) is 11.3 Å². The van der Waals surface area contributed by atoms with Crippen molar-refractivity contribution in [1.29, 1.82) is 0 Å². The molecule has 4 rings (SSSR count). The highest BCUT2D eigenvalue weighted by molar-refractivity contribution is 7.19. The molecule has 1 atom stereocenters. The van der Waals surface area contributed by atoms with Crippen molar-refractivity contribution in [3.05, 3.63) is 70.6 Å². The molecule has 1 N–H and O–H groups in total. The monoisotopic (exact) mass is 336 g/mol. The number of thiophene rings is 1. The molecule has 2 aromatic carbocycles. The molecule has 0 saturated carbocycles. The Morgan fingerprint density at radius 2 is 1.79 bits per heavy atom. The summed E-state index contributed by atoms with van der Waals surface area (Å²) in [5, 5.41) is 4.84. The Kier molecular flexibility index (Phi) is 4.65. The molecule has 0 spiro atoms. The van der Waals surface area contributed by atoms with E-state index in [2.05, 4.69) is 71.7 Å². The maximum absolute atomic E-state index is 3.48. The van der Waals surface area contributed by atoms with Crippen molar-refractivity contribution in [2.45, 2.75) is 19.4 Å². The summed E-state index contributed by atoms with van der Waals surface area (Å²) in [6.45, 7) is 6.58. The Morgan fingerprint density at radius 3 is 2.50 bits per heavy atom. The summed E-state index contributed by atoms with van der Waals surface area (Å²) < 4.78 is 1.39. The summed E-state index contributed by atoms with van der Waals surface area (Å²) in [6.07, 6.45) is 1.10. The van der Waals surface area contributed by atoms with Crippen LogP contribution in [0, 0.1) is 0 Å². The number of rotatable bonds is 4. The number of hydrogen-bond acceptors (Lipinski definition) is 3. The molecule has 1 aromatic heterocycles. The first-order valence-electron chi connectivity index (χ1n) is 8.87. The Balaban J connectivity index is 1.76. The van der Waals surface area contributed by atoms with Crippen molar-refractivity contribution in [2.24, 2.45) is 0 Å². The molecule has 2 nitrogen and oxygen atoms in total. The molecule has 1 unspecified atom stereocenters. The Labute approximate surface area is 148 Å². The Morgan fingerprint density at radius 1 is 1.04 bits per heavy atom. The Bertz CT molecular complexity index is 767. The lowest BCUT2D eigenvalue weighted by atomic mass is 10.00. The van der Waals surface area contributed by atoms with E-state index in [9.17, 15) is 0 Å². The van der Waals surface area contributed by atoms with E-state index in [1.165, 1.54) is 26.1 Å². The highest BCUT2D eigenvalue weighted by atomic mass is 32.1. The zero-order valence-corrected chi connectivity index (χ0v) is 15.0. The molecule has 1 aliphatic heterocycles. The van der Waals surface area contributed by atoms with E-state index in [1.54, 1.807) is 0 Å². The summed E-state index contributed by atoms with van der Waals surface area (Å²) in [7, 11) is 0. The number of benzene rings is 2. The molecule has 0 aliphatic carbocycles. The quantitative estimate of drug-likeness (QED) is 0.757. The minimum atomic E-state index is 0.371. The van der Waals surface area contributed by atoms with Crippen LogP contribution in [-0.2, 0) is 6.42 Å². The van der Waals surface area contributed by atoms with Gasteiger partial charge in [0, 0.05) is 35.8 Å². The molecule has 0 radical (unpaired) electrons. The lowest BCUT2D eigenvalue weighted by Gasteiger charge is -2.34. The van der Waals surface area contributed by atoms with E-state index in [4.69, 9.17) is 0 Å². The van der Waals surface area contributed by atoms with Crippen LogP contribution in [0.1, 0.15) is 29.0 Å². The molecule has 2 heterocycles. The molecule has 1 aliphatic rings. The van der Waals surface area contributed by atoms with Gasteiger partial charge in [0.05, 0.1) is 6.04 Å². The third-order valence-electron chi connectivity index (χ3n) is 4.93. The van der Waals surface area contributed by atoms with E-state index < -0.39 is 0 Å². The van der Waals surface area contributed by atoms with Crippen molar-refractivity contribution in [1.82, 2.24) is 10.2 Å². The van der Waals surface area contributed by atoms with Gasteiger partial charge in [-0.3, -0.25) is 4.90 Å². The first-order chi connectivity index (χ1) is 11.8. The van der Waals surface area contributed by atoms with Gasteiger partial charge in [-0.05, 0) is 35.1 Å². The average Bonchev–Trinajstić information content (AvgIpc) is 3.07. The van der Waals surface area contributed by atoms with Crippen LogP contribution in [-0.4, -0.2) is 31.1 Å². The van der Waals surface area contributed by atoms with Gasteiger partial charge in [0.1, 0.15) is 0 Å². The van der Waals surface area contributed by atoms with E-state index in [0.717, 1.165) is 32.6 Å². The van der Waals surface area contributed by atoms with Crippen LogP contribution in [0.2, 0.25) is 0 Å². The van der Waals surface area contributed by atoms with Crippen LogP contribution in [0.15, 0.2) is 54.6 Å². The third kappa shape index (κ3) is 3.12. The summed E-state index contributed by atoms with van der Waals surface area (Å²) >= 11 is 1.94. The van der Waals surface area contributed by atoms with Gasteiger partial charge in [-0.2, -0.15) is 0 Å². The number of hydrogen-bond donors (Lipinski definition) is 1. The number of nitrogens with one attached hydrogen (secondary N) is 1. The van der Waals surface area contributed by atoms with Crippen molar-refractivity contribution in [2.75, 3.05) is 26.2 Å². The lowest BCUT2D eigenvalue weighted by Crippen LogP contribution is -2.45. The van der Waals surface area contributed by atoms with Gasteiger partial charge in [-0.25, -0.2) is 0 Å². The molecular formula is C21H24N2S. The van der Waals surface area contributed by atoms with Gasteiger partial charge in [0.25, 0.3) is 0 Å². The van der Waals surface area contributed by atoms with Gasteiger partial charge in [0.15, 0.2) is 0 Å². The predicted molar refractivity (Wildman–Crippen MR) is 104 cm³/mol. The van der Waals surface area contributed by atoms with Crippen LogP contribution in [0.5, 0.6) is 0 Å². The first kappa shape index (κ1) is 15.8. The predicted octanol–water partition coefficient (Wildman–Crippen LogP) is 4.46. The zero-order chi connectivity index (χ0) is 16.4. The second-order valence-electron chi connectivity index (χ2n) is 6.47. The van der Waals surface area contributed by atoms with Crippen LogP contribution in [0.4, 0.5) is 0 Å². The fourth-order valence-electron chi connectivity index (χ4n) is 3.57. The van der Waals surface area contributed by atoms with Crippen LogP contribution >= 0.6 is 11.3 Å². The SMILES string of the molecule is CCc1ccc(C(c2cc3ccccc3s2)N2CCNCC2)cc1. The minimum absolute atomic E-state index is 0.371. The molecule has 124 valence electrons. The Hall–Kier alpha value is -1.68. The molecular weight excluding hydrogens is 312 g/mol. The van der Waals surface area contributed by atoms with Gasteiger partial charge < -0.3 is 5.32 Å². The summed E-state index contributed by atoms with van der Waals surface area (Å²) in [5.74, 6) is 0. The topological polar surface area (TPSA) is 15.3 Å². The molecule has 1 fully saturated rings. The molecule has 1 saturated heterocycles. The summed E-state index contributed by atoms with van der Waals surface area (Å²) in [4.78, 5) is 4.09. The average molecular weight is 337 g/mol. The van der Waals surface area contributed by atoms with Crippen LogP contribution in [0.3, 0.4) is 0 Å². The van der Waals surface area contributed by atoms with Crippen molar-refractivity contribution in [3.63, 3.8) is 0 Å². The van der Waals surface area contributed by atoms with Gasteiger partial charge in [-0.1, -0.05) is 49.4 Å². The standard InChI is InChI=1S/C21H24N2S/c1-2-16-7-9-17(10-8-16)21(23-13-11-22-12-14-23)20-15-18-5-3-4-6-19(18)24-20/h3-10,15,21-22H,2,11-14H2,1H3.